The molecule has 0 radical (unpaired) electrons. The van der Waals surface area contributed by atoms with Gasteiger partial charge in [-0.1, -0.05) is 12.1 Å². The van der Waals surface area contributed by atoms with E-state index in [1.165, 1.54) is 5.56 Å². The molecule has 0 atom stereocenters. The van der Waals surface area contributed by atoms with E-state index in [9.17, 15) is 0 Å². The molecule has 0 aromatic heterocycles. The second kappa shape index (κ2) is 6.03. The Morgan fingerprint density at radius 3 is 2.37 bits per heavy atom. The van der Waals surface area contributed by atoms with Crippen LogP contribution in [-0.4, -0.2) is 6.54 Å². The van der Waals surface area contributed by atoms with E-state index in [1.807, 2.05) is 37.3 Å². The van der Waals surface area contributed by atoms with E-state index in [-0.39, 0.29) is 0 Å². The minimum Gasteiger partial charge on any atom is -0.457 e. The van der Waals surface area contributed by atoms with E-state index >= 15 is 0 Å². The minimum absolute atomic E-state index is 0.648. The van der Waals surface area contributed by atoms with Crippen LogP contribution >= 0.6 is 0 Å². The van der Waals surface area contributed by atoms with Gasteiger partial charge in [0, 0.05) is 0 Å². The number of hydrogen-bond acceptors (Lipinski definition) is 3. The molecule has 0 unspecified atom stereocenters. The quantitative estimate of drug-likeness (QED) is 0.909. The number of benzene rings is 2. The Balaban J connectivity index is 2.13. The van der Waals surface area contributed by atoms with Crippen molar-refractivity contribution >= 4 is 0 Å². The number of nitrogens with two attached hydrogens (primary N) is 1. The molecular weight excluding hydrogens is 236 g/mol. The van der Waals surface area contributed by atoms with E-state index in [4.69, 9.17) is 15.7 Å². The molecule has 0 fully saturated rings. The molecule has 2 aromatic rings. The largest absolute Gasteiger partial charge is 0.457 e. The van der Waals surface area contributed by atoms with Crippen LogP contribution in [0, 0.1) is 18.3 Å². The van der Waals surface area contributed by atoms with E-state index in [2.05, 4.69) is 6.07 Å². The van der Waals surface area contributed by atoms with E-state index in [1.54, 1.807) is 12.1 Å². The molecular formula is C16H16N2O. The third-order valence-electron chi connectivity index (χ3n) is 2.91. The van der Waals surface area contributed by atoms with Crippen molar-refractivity contribution in [2.24, 2.45) is 5.73 Å². The zero-order chi connectivity index (χ0) is 13.7. The lowest BCUT2D eigenvalue weighted by atomic mass is 10.1. The molecule has 2 aromatic carbocycles. The van der Waals surface area contributed by atoms with E-state index < -0.39 is 0 Å². The van der Waals surface area contributed by atoms with Gasteiger partial charge in [-0.05, 0) is 61.3 Å². The summed E-state index contributed by atoms with van der Waals surface area (Å²) in [6.45, 7) is 2.55. The summed E-state index contributed by atoms with van der Waals surface area (Å²) in [4.78, 5) is 0. The number of nitrogens with zero attached hydrogens (tertiary/aromatic N) is 1. The van der Waals surface area contributed by atoms with Crippen LogP contribution in [0.5, 0.6) is 11.5 Å². The van der Waals surface area contributed by atoms with Gasteiger partial charge in [0.1, 0.15) is 11.5 Å². The van der Waals surface area contributed by atoms with Crippen molar-refractivity contribution in [3.05, 3.63) is 59.2 Å². The van der Waals surface area contributed by atoms with Gasteiger partial charge in [-0.15, -0.1) is 0 Å². The fraction of sp³-hybridized carbons (Fsp3) is 0.188. The molecule has 0 bridgehead atoms. The molecule has 0 spiro atoms. The molecule has 0 aliphatic carbocycles. The number of rotatable bonds is 4. The normalized spacial score (nSPS) is 9.95. The van der Waals surface area contributed by atoms with Crippen LogP contribution in [0.2, 0.25) is 0 Å². The number of nitriles is 1. The summed E-state index contributed by atoms with van der Waals surface area (Å²) < 4.78 is 5.75. The Bertz CT molecular complexity index is 597. The second-order valence-corrected chi connectivity index (χ2v) is 4.37. The predicted octanol–water partition coefficient (Wildman–Crippen LogP) is 3.16. The van der Waals surface area contributed by atoms with Crippen molar-refractivity contribution in [1.29, 1.82) is 5.26 Å². The summed E-state index contributed by atoms with van der Waals surface area (Å²) in [6.07, 6.45) is 0.871. The van der Waals surface area contributed by atoms with Crippen molar-refractivity contribution in [3.63, 3.8) is 0 Å². The van der Waals surface area contributed by atoms with E-state index in [0.717, 1.165) is 23.5 Å². The summed E-state index contributed by atoms with van der Waals surface area (Å²) in [5.74, 6) is 1.52. The van der Waals surface area contributed by atoms with Gasteiger partial charge in [0.2, 0.25) is 0 Å². The van der Waals surface area contributed by atoms with Gasteiger partial charge in [0.15, 0.2) is 0 Å². The topological polar surface area (TPSA) is 59.0 Å². The molecule has 19 heavy (non-hydrogen) atoms. The average Bonchev–Trinajstić information content (AvgIpc) is 2.42. The Hall–Kier alpha value is -2.31. The van der Waals surface area contributed by atoms with Gasteiger partial charge in [0.25, 0.3) is 0 Å². The van der Waals surface area contributed by atoms with Gasteiger partial charge in [-0.3, -0.25) is 0 Å². The molecule has 0 heterocycles. The molecule has 0 amide bonds. The average molecular weight is 252 g/mol. The summed E-state index contributed by atoms with van der Waals surface area (Å²) in [5.41, 5.74) is 8.30. The first kappa shape index (κ1) is 13.1. The third kappa shape index (κ3) is 3.34. The highest BCUT2D eigenvalue weighted by atomic mass is 16.5. The fourth-order valence-corrected chi connectivity index (χ4v) is 1.85. The molecule has 3 heteroatoms. The summed E-state index contributed by atoms with van der Waals surface area (Å²) in [7, 11) is 0. The first-order valence-corrected chi connectivity index (χ1v) is 6.20. The van der Waals surface area contributed by atoms with Crippen LogP contribution in [0.1, 0.15) is 16.7 Å². The molecule has 0 saturated carbocycles. The molecule has 0 saturated heterocycles. The molecule has 0 aliphatic rings. The Morgan fingerprint density at radius 2 is 1.79 bits per heavy atom. The lowest BCUT2D eigenvalue weighted by molar-refractivity contribution is 0.482. The van der Waals surface area contributed by atoms with Crippen molar-refractivity contribution in [2.45, 2.75) is 13.3 Å². The molecule has 0 aliphatic heterocycles. The van der Waals surface area contributed by atoms with Crippen LogP contribution in [0.15, 0.2) is 42.5 Å². The Labute approximate surface area is 113 Å². The lowest BCUT2D eigenvalue weighted by Gasteiger charge is -2.08. The standard InChI is InChI=1S/C16H16N2O/c1-12-10-16(7-4-14(12)11-18)19-15-5-2-13(3-6-15)8-9-17/h2-7,10H,8-9,17H2,1H3. The van der Waals surface area contributed by atoms with Gasteiger partial charge >= 0.3 is 0 Å². The highest BCUT2D eigenvalue weighted by Crippen LogP contribution is 2.24. The molecule has 2 N–H and O–H groups in total. The SMILES string of the molecule is Cc1cc(Oc2ccc(CCN)cc2)ccc1C#N. The van der Waals surface area contributed by atoms with Gasteiger partial charge in [0.05, 0.1) is 11.6 Å². The third-order valence-corrected chi connectivity index (χ3v) is 2.91. The molecule has 2 rings (SSSR count). The molecule has 96 valence electrons. The minimum atomic E-state index is 0.648. The van der Waals surface area contributed by atoms with Gasteiger partial charge in [-0.2, -0.15) is 5.26 Å². The molecule has 3 nitrogen and oxygen atoms in total. The Kier molecular flexibility index (Phi) is 4.17. The number of hydrogen-bond donors (Lipinski definition) is 1. The Morgan fingerprint density at radius 1 is 1.11 bits per heavy atom. The zero-order valence-corrected chi connectivity index (χ0v) is 10.9. The van der Waals surface area contributed by atoms with Crippen LogP contribution in [0.4, 0.5) is 0 Å². The highest BCUT2D eigenvalue weighted by molar-refractivity contribution is 5.43. The smallest absolute Gasteiger partial charge is 0.127 e. The predicted molar refractivity (Wildman–Crippen MR) is 75.2 cm³/mol. The number of aryl methyl sites for hydroxylation is 1. The maximum atomic E-state index is 8.88. The first-order chi connectivity index (χ1) is 9.22. The number of ether oxygens (including phenoxy) is 1. The van der Waals surface area contributed by atoms with Crippen LogP contribution in [0.3, 0.4) is 0 Å². The maximum absolute atomic E-state index is 8.88. The summed E-state index contributed by atoms with van der Waals surface area (Å²) in [5, 5.41) is 8.88. The maximum Gasteiger partial charge on any atom is 0.127 e. The van der Waals surface area contributed by atoms with Crippen LogP contribution < -0.4 is 10.5 Å². The van der Waals surface area contributed by atoms with Crippen molar-refractivity contribution < 1.29 is 4.74 Å². The zero-order valence-electron chi connectivity index (χ0n) is 10.9. The second-order valence-electron chi connectivity index (χ2n) is 4.37. The van der Waals surface area contributed by atoms with Crippen molar-refractivity contribution in [3.8, 4) is 17.6 Å². The fourth-order valence-electron chi connectivity index (χ4n) is 1.85. The highest BCUT2D eigenvalue weighted by Gasteiger charge is 2.01. The lowest BCUT2D eigenvalue weighted by Crippen LogP contribution is -2.02. The van der Waals surface area contributed by atoms with Gasteiger partial charge in [-0.25, -0.2) is 0 Å². The van der Waals surface area contributed by atoms with Crippen molar-refractivity contribution in [2.75, 3.05) is 6.54 Å². The van der Waals surface area contributed by atoms with E-state index in [0.29, 0.717) is 12.1 Å². The van der Waals surface area contributed by atoms with Gasteiger partial charge < -0.3 is 10.5 Å². The van der Waals surface area contributed by atoms with Crippen LogP contribution in [0.25, 0.3) is 0 Å². The summed E-state index contributed by atoms with van der Waals surface area (Å²) in [6, 6.07) is 15.5. The first-order valence-electron chi connectivity index (χ1n) is 6.20. The van der Waals surface area contributed by atoms with Crippen LogP contribution in [-0.2, 0) is 6.42 Å². The van der Waals surface area contributed by atoms with Crippen molar-refractivity contribution in [1.82, 2.24) is 0 Å². The summed E-state index contributed by atoms with van der Waals surface area (Å²) >= 11 is 0. The monoisotopic (exact) mass is 252 g/mol.